The molecule has 6 heteroatoms. The number of carbonyl (C=O) groups is 1. The van der Waals surface area contributed by atoms with Crippen LogP contribution in [-0.2, 0) is 16.1 Å². The van der Waals surface area contributed by atoms with Gasteiger partial charge >= 0.3 is 5.97 Å². The Bertz CT molecular complexity index is 936. The minimum absolute atomic E-state index is 0.355. The van der Waals surface area contributed by atoms with Crippen LogP contribution in [0.5, 0.6) is 0 Å². The van der Waals surface area contributed by atoms with E-state index < -0.39 is 0 Å². The number of ether oxygens (including phenoxy) is 1. The van der Waals surface area contributed by atoms with Crippen LogP contribution in [0.4, 0.5) is 0 Å². The van der Waals surface area contributed by atoms with E-state index in [1.54, 1.807) is 6.08 Å². The SMILES string of the molecule is C=CCN=C1NC(c2ccc(Br)cc2)C(C(=O)OC)=C(C)N1Cc1ccccc1. The maximum absolute atomic E-state index is 12.7. The average molecular weight is 454 g/mol. The van der Waals surface area contributed by atoms with Crippen LogP contribution in [0.15, 0.2) is 88.0 Å². The molecule has 3 rings (SSSR count). The largest absolute Gasteiger partial charge is 0.466 e. The summed E-state index contributed by atoms with van der Waals surface area (Å²) in [6, 6.07) is 17.6. The molecule has 0 aliphatic carbocycles. The van der Waals surface area contributed by atoms with Crippen molar-refractivity contribution < 1.29 is 9.53 Å². The Labute approximate surface area is 179 Å². The van der Waals surface area contributed by atoms with E-state index in [1.165, 1.54) is 7.11 Å². The number of hydrogen-bond acceptors (Lipinski definition) is 3. The highest BCUT2D eigenvalue weighted by atomic mass is 79.9. The van der Waals surface area contributed by atoms with Gasteiger partial charge in [-0.15, -0.1) is 6.58 Å². The second kappa shape index (κ2) is 9.56. The van der Waals surface area contributed by atoms with Crippen LogP contribution in [0.2, 0.25) is 0 Å². The summed E-state index contributed by atoms with van der Waals surface area (Å²) in [6.07, 6.45) is 1.75. The number of aliphatic imine (C=N–C) groups is 1. The molecular formula is C23H24BrN3O2. The van der Waals surface area contributed by atoms with Crippen LogP contribution >= 0.6 is 15.9 Å². The lowest BCUT2D eigenvalue weighted by Crippen LogP contribution is -2.48. The lowest BCUT2D eigenvalue weighted by atomic mass is 9.94. The third kappa shape index (κ3) is 4.77. The molecule has 29 heavy (non-hydrogen) atoms. The summed E-state index contributed by atoms with van der Waals surface area (Å²) in [5.41, 5.74) is 3.46. The maximum Gasteiger partial charge on any atom is 0.337 e. The van der Waals surface area contributed by atoms with E-state index >= 15 is 0 Å². The number of rotatable bonds is 6. The minimum Gasteiger partial charge on any atom is -0.466 e. The van der Waals surface area contributed by atoms with Gasteiger partial charge in [-0.3, -0.25) is 0 Å². The quantitative estimate of drug-likeness (QED) is 0.513. The standard InChI is InChI=1S/C23H24BrN3O2/c1-4-14-25-23-26-21(18-10-12-19(24)13-11-18)20(22(28)29-3)16(2)27(23)15-17-8-6-5-7-9-17/h4-13,21H,1,14-15H2,2-3H3,(H,25,26). The van der Waals surface area contributed by atoms with Gasteiger partial charge in [0, 0.05) is 10.2 Å². The minimum atomic E-state index is -0.358. The van der Waals surface area contributed by atoms with Crippen molar-refractivity contribution in [1.82, 2.24) is 10.2 Å². The average Bonchev–Trinajstić information content (AvgIpc) is 2.74. The van der Waals surface area contributed by atoms with Crippen LogP contribution < -0.4 is 5.32 Å². The second-order valence-corrected chi connectivity index (χ2v) is 7.56. The highest BCUT2D eigenvalue weighted by molar-refractivity contribution is 9.10. The Balaban J connectivity index is 2.10. The van der Waals surface area contributed by atoms with Gasteiger partial charge < -0.3 is 15.0 Å². The molecule has 0 radical (unpaired) electrons. The van der Waals surface area contributed by atoms with Gasteiger partial charge in [0.05, 0.1) is 31.8 Å². The van der Waals surface area contributed by atoms with E-state index in [-0.39, 0.29) is 12.0 Å². The zero-order valence-corrected chi connectivity index (χ0v) is 18.1. The molecule has 1 unspecified atom stereocenters. The molecule has 150 valence electrons. The topological polar surface area (TPSA) is 53.9 Å². The first kappa shape index (κ1) is 20.9. The second-order valence-electron chi connectivity index (χ2n) is 6.64. The maximum atomic E-state index is 12.7. The normalized spacial score (nSPS) is 17.8. The van der Waals surface area contributed by atoms with Crippen molar-refractivity contribution >= 4 is 27.9 Å². The molecule has 1 aliphatic heterocycles. The molecule has 0 amide bonds. The van der Waals surface area contributed by atoms with Crippen molar-refractivity contribution in [3.05, 3.63) is 94.1 Å². The van der Waals surface area contributed by atoms with Gasteiger partial charge in [-0.05, 0) is 30.2 Å². The number of guanidine groups is 1. The van der Waals surface area contributed by atoms with Crippen LogP contribution in [0.3, 0.4) is 0 Å². The highest BCUT2D eigenvalue weighted by Gasteiger charge is 2.35. The molecule has 1 atom stereocenters. The molecule has 0 spiro atoms. The van der Waals surface area contributed by atoms with Gasteiger partial charge in [0.2, 0.25) is 0 Å². The Morgan fingerprint density at radius 2 is 1.93 bits per heavy atom. The van der Waals surface area contributed by atoms with E-state index in [4.69, 9.17) is 4.74 Å². The fourth-order valence-corrected chi connectivity index (χ4v) is 3.58. The first-order valence-corrected chi connectivity index (χ1v) is 10.1. The molecule has 1 heterocycles. The van der Waals surface area contributed by atoms with Gasteiger partial charge in [-0.2, -0.15) is 0 Å². The Morgan fingerprint density at radius 3 is 2.55 bits per heavy atom. The predicted octanol–water partition coefficient (Wildman–Crippen LogP) is 4.58. The molecule has 5 nitrogen and oxygen atoms in total. The number of allylic oxidation sites excluding steroid dienone is 1. The van der Waals surface area contributed by atoms with Crippen LogP contribution in [0.1, 0.15) is 24.1 Å². The highest BCUT2D eigenvalue weighted by Crippen LogP contribution is 2.32. The molecule has 0 bridgehead atoms. The number of halogens is 1. The van der Waals surface area contributed by atoms with Crippen LogP contribution in [-0.4, -0.2) is 30.5 Å². The monoisotopic (exact) mass is 453 g/mol. The zero-order chi connectivity index (χ0) is 20.8. The molecule has 2 aromatic carbocycles. The van der Waals surface area contributed by atoms with Crippen molar-refractivity contribution in [2.24, 2.45) is 4.99 Å². The third-order valence-electron chi connectivity index (χ3n) is 4.77. The van der Waals surface area contributed by atoms with E-state index in [2.05, 4.69) is 45.0 Å². The van der Waals surface area contributed by atoms with Gasteiger partial charge in [-0.1, -0.05) is 64.5 Å². The van der Waals surface area contributed by atoms with Gasteiger partial charge in [0.25, 0.3) is 0 Å². The molecule has 0 fully saturated rings. The molecule has 1 N–H and O–H groups in total. The van der Waals surface area contributed by atoms with E-state index in [9.17, 15) is 4.79 Å². The van der Waals surface area contributed by atoms with Crippen molar-refractivity contribution in [3.63, 3.8) is 0 Å². The number of nitrogens with one attached hydrogen (secondary N) is 1. The Hall–Kier alpha value is -2.86. The Morgan fingerprint density at radius 1 is 1.24 bits per heavy atom. The molecule has 2 aromatic rings. The number of esters is 1. The van der Waals surface area contributed by atoms with Gasteiger partial charge in [0.15, 0.2) is 5.96 Å². The fraction of sp³-hybridized carbons (Fsp3) is 0.217. The third-order valence-corrected chi connectivity index (χ3v) is 5.30. The number of benzene rings is 2. The molecule has 1 aliphatic rings. The molecule has 0 saturated heterocycles. The lowest BCUT2D eigenvalue weighted by Gasteiger charge is -2.38. The number of methoxy groups -OCH3 is 1. The first-order valence-electron chi connectivity index (χ1n) is 9.33. The smallest absolute Gasteiger partial charge is 0.337 e. The number of hydrogen-bond donors (Lipinski definition) is 1. The molecular weight excluding hydrogens is 430 g/mol. The van der Waals surface area contributed by atoms with Crippen LogP contribution in [0.25, 0.3) is 0 Å². The van der Waals surface area contributed by atoms with Gasteiger partial charge in [-0.25, -0.2) is 9.79 Å². The summed E-state index contributed by atoms with van der Waals surface area (Å²) in [5.74, 6) is 0.343. The van der Waals surface area contributed by atoms with Crippen LogP contribution in [0, 0.1) is 0 Å². The molecule has 0 aromatic heterocycles. The molecule has 0 saturated carbocycles. The van der Waals surface area contributed by atoms with Crippen molar-refractivity contribution in [1.29, 1.82) is 0 Å². The van der Waals surface area contributed by atoms with E-state index in [1.807, 2.05) is 54.3 Å². The summed E-state index contributed by atoms with van der Waals surface area (Å²) in [5, 5.41) is 3.44. The Kier molecular flexibility index (Phi) is 6.88. The van der Waals surface area contributed by atoms with Crippen molar-refractivity contribution in [3.8, 4) is 0 Å². The van der Waals surface area contributed by atoms with Crippen molar-refractivity contribution in [2.75, 3.05) is 13.7 Å². The predicted molar refractivity (Wildman–Crippen MR) is 119 cm³/mol. The van der Waals surface area contributed by atoms with E-state index in [0.717, 1.165) is 21.3 Å². The summed E-state index contributed by atoms with van der Waals surface area (Å²) in [7, 11) is 1.41. The number of nitrogens with zero attached hydrogens (tertiary/aromatic N) is 2. The van der Waals surface area contributed by atoms with Crippen molar-refractivity contribution in [2.45, 2.75) is 19.5 Å². The number of carbonyl (C=O) groups excluding carboxylic acids is 1. The van der Waals surface area contributed by atoms with Gasteiger partial charge in [0.1, 0.15) is 0 Å². The summed E-state index contributed by atoms with van der Waals surface area (Å²) < 4.78 is 6.10. The van der Waals surface area contributed by atoms with E-state index in [0.29, 0.717) is 24.6 Å². The first-order chi connectivity index (χ1) is 14.0. The lowest BCUT2D eigenvalue weighted by molar-refractivity contribution is -0.136. The fourth-order valence-electron chi connectivity index (χ4n) is 3.31. The summed E-state index contributed by atoms with van der Waals surface area (Å²) in [4.78, 5) is 19.4. The summed E-state index contributed by atoms with van der Waals surface area (Å²) >= 11 is 3.46. The zero-order valence-electron chi connectivity index (χ0n) is 16.6. The summed E-state index contributed by atoms with van der Waals surface area (Å²) in [6.45, 7) is 6.77.